The van der Waals surface area contributed by atoms with E-state index in [2.05, 4.69) is 34.1 Å². The molecule has 2 aliphatic rings. The Labute approximate surface area is 141 Å². The van der Waals surface area contributed by atoms with Crippen molar-refractivity contribution >= 4 is 5.91 Å². The summed E-state index contributed by atoms with van der Waals surface area (Å²) in [6.45, 7) is 2.51. The Morgan fingerprint density at radius 1 is 1.08 bits per heavy atom. The molecule has 1 aromatic carbocycles. The van der Waals surface area contributed by atoms with Crippen molar-refractivity contribution in [2.75, 3.05) is 26.2 Å². The lowest BCUT2D eigenvalue weighted by molar-refractivity contribution is 0.0656. The van der Waals surface area contributed by atoms with Gasteiger partial charge < -0.3 is 15.0 Å². The van der Waals surface area contributed by atoms with E-state index >= 15 is 0 Å². The van der Waals surface area contributed by atoms with Crippen LogP contribution in [-0.4, -0.2) is 64.1 Å². The molecule has 1 amide bonds. The Morgan fingerprint density at radius 2 is 1.83 bits per heavy atom. The van der Waals surface area contributed by atoms with Gasteiger partial charge in [-0.25, -0.2) is 0 Å². The summed E-state index contributed by atoms with van der Waals surface area (Å²) in [7, 11) is 0. The maximum Gasteiger partial charge on any atom is 0.255 e. The van der Waals surface area contributed by atoms with Gasteiger partial charge in [0, 0.05) is 44.6 Å². The first kappa shape index (κ1) is 15.4. The third-order valence-corrected chi connectivity index (χ3v) is 5.21. The lowest BCUT2D eigenvalue weighted by atomic mass is 10.1. The molecule has 1 fully saturated rings. The fourth-order valence-electron chi connectivity index (χ4n) is 3.96. The summed E-state index contributed by atoms with van der Waals surface area (Å²) in [6, 6.07) is 10.8. The lowest BCUT2D eigenvalue weighted by Crippen LogP contribution is -2.41. The highest BCUT2D eigenvalue weighted by Gasteiger charge is 2.31. The maximum absolute atomic E-state index is 12.5. The van der Waals surface area contributed by atoms with Crippen LogP contribution in [0.3, 0.4) is 0 Å². The van der Waals surface area contributed by atoms with E-state index in [0.717, 1.165) is 19.4 Å². The van der Waals surface area contributed by atoms with Gasteiger partial charge in [-0.2, -0.15) is 0 Å². The number of carbonyl (C=O) groups is 1. The lowest BCUT2D eigenvalue weighted by Gasteiger charge is -2.28. The summed E-state index contributed by atoms with van der Waals surface area (Å²) < 4.78 is 0. The quantitative estimate of drug-likeness (QED) is 0.875. The van der Waals surface area contributed by atoms with E-state index in [0.29, 0.717) is 31.2 Å². The smallest absolute Gasteiger partial charge is 0.255 e. The number of aromatic amines is 1. The van der Waals surface area contributed by atoms with Gasteiger partial charge in [0.25, 0.3) is 5.91 Å². The molecule has 0 radical (unpaired) electrons. The van der Waals surface area contributed by atoms with E-state index in [1.54, 1.807) is 23.4 Å². The minimum Gasteiger partial charge on any atom is -0.390 e. The number of rotatable bonds is 2. The van der Waals surface area contributed by atoms with Crippen molar-refractivity contribution in [2.24, 2.45) is 0 Å². The molecule has 2 heterocycles. The van der Waals surface area contributed by atoms with Crippen LogP contribution in [-0.2, 0) is 12.8 Å². The Hall–Kier alpha value is -2.11. The highest BCUT2D eigenvalue weighted by atomic mass is 16.3. The normalized spacial score (nSPS) is 22.4. The first-order valence-corrected chi connectivity index (χ1v) is 8.61. The molecular formula is C19H23N3O2. The van der Waals surface area contributed by atoms with Crippen LogP contribution in [0.2, 0.25) is 0 Å². The zero-order chi connectivity index (χ0) is 16.5. The molecule has 4 rings (SSSR count). The van der Waals surface area contributed by atoms with Crippen LogP contribution in [0, 0.1) is 0 Å². The van der Waals surface area contributed by atoms with Crippen LogP contribution in [0.4, 0.5) is 0 Å². The molecule has 126 valence electrons. The predicted octanol–water partition coefficient (Wildman–Crippen LogP) is 1.30. The number of aliphatic hydroxyl groups excluding tert-OH is 1. The van der Waals surface area contributed by atoms with Crippen LogP contribution in [0.1, 0.15) is 21.5 Å². The van der Waals surface area contributed by atoms with Crippen molar-refractivity contribution in [3.63, 3.8) is 0 Å². The van der Waals surface area contributed by atoms with Crippen LogP contribution >= 0.6 is 0 Å². The molecule has 24 heavy (non-hydrogen) atoms. The Bertz CT molecular complexity index is 688. The Balaban J connectivity index is 1.44. The van der Waals surface area contributed by atoms with Gasteiger partial charge in [-0.3, -0.25) is 9.69 Å². The number of aromatic nitrogens is 1. The number of amides is 1. The number of H-pyrrole nitrogens is 1. The second-order valence-electron chi connectivity index (χ2n) is 6.83. The van der Waals surface area contributed by atoms with E-state index in [-0.39, 0.29) is 5.91 Å². The zero-order valence-electron chi connectivity index (χ0n) is 13.7. The first-order chi connectivity index (χ1) is 11.7. The summed E-state index contributed by atoms with van der Waals surface area (Å²) in [5.74, 6) is -0.00754. The summed E-state index contributed by atoms with van der Waals surface area (Å²) in [4.78, 5) is 19.6. The SMILES string of the molecule is O=C(c1cc[nH]c1)N1CCN(C2Cc3ccccc3C2)C[C@H](O)C1. The van der Waals surface area contributed by atoms with Gasteiger partial charge in [0.1, 0.15) is 0 Å². The number of nitrogens with one attached hydrogen (secondary N) is 1. The average Bonchev–Trinajstić information content (AvgIpc) is 3.22. The minimum absolute atomic E-state index is 0.00754. The molecule has 1 aromatic heterocycles. The van der Waals surface area contributed by atoms with Gasteiger partial charge in [0.15, 0.2) is 0 Å². The average molecular weight is 325 g/mol. The van der Waals surface area contributed by atoms with Crippen LogP contribution in [0.25, 0.3) is 0 Å². The second kappa shape index (κ2) is 6.42. The molecule has 0 spiro atoms. The highest BCUT2D eigenvalue weighted by molar-refractivity contribution is 5.94. The molecule has 1 aliphatic heterocycles. The summed E-state index contributed by atoms with van der Waals surface area (Å²) in [5.41, 5.74) is 3.49. The van der Waals surface area contributed by atoms with E-state index in [4.69, 9.17) is 0 Å². The van der Waals surface area contributed by atoms with Gasteiger partial charge in [-0.1, -0.05) is 24.3 Å². The van der Waals surface area contributed by atoms with Crippen LogP contribution in [0.5, 0.6) is 0 Å². The van der Waals surface area contributed by atoms with Crippen molar-refractivity contribution in [3.8, 4) is 0 Å². The molecule has 0 saturated carbocycles. The topological polar surface area (TPSA) is 59.6 Å². The van der Waals surface area contributed by atoms with E-state index < -0.39 is 6.10 Å². The number of hydrogen-bond acceptors (Lipinski definition) is 3. The molecule has 1 aliphatic carbocycles. The number of β-amino-alcohol motifs (C(OH)–C–C–N with tert-alkyl or cyclic N) is 1. The fourth-order valence-corrected chi connectivity index (χ4v) is 3.96. The summed E-state index contributed by atoms with van der Waals surface area (Å²) in [5, 5.41) is 10.4. The largest absolute Gasteiger partial charge is 0.390 e. The van der Waals surface area contributed by atoms with Crippen molar-refractivity contribution in [1.29, 1.82) is 0 Å². The minimum atomic E-state index is -0.501. The van der Waals surface area contributed by atoms with Crippen molar-refractivity contribution in [2.45, 2.75) is 25.0 Å². The molecule has 0 bridgehead atoms. The molecule has 1 saturated heterocycles. The van der Waals surface area contributed by atoms with Gasteiger partial charge in [-0.15, -0.1) is 0 Å². The number of nitrogens with zero attached hydrogens (tertiary/aromatic N) is 2. The van der Waals surface area contributed by atoms with E-state index in [9.17, 15) is 9.90 Å². The third-order valence-electron chi connectivity index (χ3n) is 5.21. The van der Waals surface area contributed by atoms with Crippen LogP contribution in [0.15, 0.2) is 42.7 Å². The number of carbonyl (C=O) groups excluding carboxylic acids is 1. The third kappa shape index (κ3) is 2.97. The monoisotopic (exact) mass is 325 g/mol. The van der Waals surface area contributed by atoms with Gasteiger partial charge in [0.05, 0.1) is 11.7 Å². The van der Waals surface area contributed by atoms with Gasteiger partial charge >= 0.3 is 0 Å². The second-order valence-corrected chi connectivity index (χ2v) is 6.83. The zero-order valence-corrected chi connectivity index (χ0v) is 13.7. The Morgan fingerprint density at radius 3 is 2.50 bits per heavy atom. The fraction of sp³-hybridized carbons (Fsp3) is 0.421. The molecule has 5 nitrogen and oxygen atoms in total. The van der Waals surface area contributed by atoms with Gasteiger partial charge in [0.2, 0.25) is 0 Å². The predicted molar refractivity (Wildman–Crippen MR) is 91.9 cm³/mol. The number of benzene rings is 1. The summed E-state index contributed by atoms with van der Waals surface area (Å²) in [6.07, 6.45) is 5.04. The Kier molecular flexibility index (Phi) is 4.12. The molecule has 5 heteroatoms. The molecule has 1 atom stereocenters. The van der Waals surface area contributed by atoms with Crippen molar-refractivity contribution in [3.05, 3.63) is 59.4 Å². The molecule has 2 N–H and O–H groups in total. The van der Waals surface area contributed by atoms with Crippen LogP contribution < -0.4 is 0 Å². The number of hydrogen-bond donors (Lipinski definition) is 2. The molecule has 0 unspecified atom stereocenters. The maximum atomic E-state index is 12.5. The number of fused-ring (bicyclic) bond motifs is 1. The van der Waals surface area contributed by atoms with Crippen molar-refractivity contribution < 1.29 is 9.90 Å². The number of aliphatic hydroxyl groups is 1. The van der Waals surface area contributed by atoms with E-state index in [1.807, 2.05) is 0 Å². The molecular weight excluding hydrogens is 302 g/mol. The molecule has 2 aromatic rings. The van der Waals surface area contributed by atoms with E-state index in [1.165, 1.54) is 11.1 Å². The first-order valence-electron chi connectivity index (χ1n) is 8.61. The highest BCUT2D eigenvalue weighted by Crippen LogP contribution is 2.26. The van der Waals surface area contributed by atoms with Crippen molar-refractivity contribution in [1.82, 2.24) is 14.8 Å². The standard InChI is InChI=1S/C19H23N3O2/c23-18-12-21(17-9-14-3-1-2-4-15(14)10-17)7-8-22(13-18)19(24)16-5-6-20-11-16/h1-6,11,17-18,20,23H,7-10,12-13H2/t18-/m0/s1. The summed E-state index contributed by atoms with van der Waals surface area (Å²) >= 11 is 0. The van der Waals surface area contributed by atoms with Gasteiger partial charge in [-0.05, 0) is 30.0 Å².